The number of hydrogen-bond acceptors (Lipinski definition) is 2. The van der Waals surface area contributed by atoms with Crippen molar-refractivity contribution in [2.75, 3.05) is 5.75 Å². The minimum Gasteiger partial charge on any atom is -0.103 e. The van der Waals surface area contributed by atoms with Crippen LogP contribution >= 0.6 is 21.6 Å². The molecule has 102 valence electrons. The number of allylic oxidation sites excluding steroid dienone is 1. The van der Waals surface area contributed by atoms with Crippen molar-refractivity contribution in [3.8, 4) is 0 Å². The highest BCUT2D eigenvalue weighted by Gasteiger charge is 1.95. The van der Waals surface area contributed by atoms with Gasteiger partial charge in [-0.15, -0.1) is 6.58 Å². The second kappa shape index (κ2) is 8.72. The molecule has 0 saturated carbocycles. The van der Waals surface area contributed by atoms with E-state index in [0.717, 1.165) is 12.2 Å². The molecule has 0 heterocycles. The summed E-state index contributed by atoms with van der Waals surface area (Å²) in [7, 11) is 3.68. The highest BCUT2D eigenvalue weighted by Crippen LogP contribution is 2.31. The van der Waals surface area contributed by atoms with E-state index in [1.165, 1.54) is 16.0 Å². The lowest BCUT2D eigenvalue weighted by Crippen LogP contribution is -1.80. The quantitative estimate of drug-likeness (QED) is 0.356. The van der Waals surface area contributed by atoms with E-state index in [-0.39, 0.29) is 0 Å². The Bertz CT molecular complexity index is 559. The van der Waals surface area contributed by atoms with Gasteiger partial charge in [-0.2, -0.15) is 0 Å². The topological polar surface area (TPSA) is 0 Å². The largest absolute Gasteiger partial charge is 0.103 e. The fourth-order valence-electron chi connectivity index (χ4n) is 1.78. The Morgan fingerprint density at radius 3 is 2.65 bits per heavy atom. The molecule has 0 spiro atoms. The summed E-state index contributed by atoms with van der Waals surface area (Å²) in [5.41, 5.74) is 2.58. The van der Waals surface area contributed by atoms with Crippen LogP contribution in [0.1, 0.15) is 11.1 Å². The Morgan fingerprint density at radius 2 is 1.85 bits per heavy atom. The lowest BCUT2D eigenvalue weighted by atomic mass is 10.2. The average molecular weight is 298 g/mol. The normalized spacial score (nSPS) is 10.8. The SMILES string of the molecule is C=CCc1cccc(SSCC=Cc2ccccc2)c1. The Labute approximate surface area is 129 Å². The summed E-state index contributed by atoms with van der Waals surface area (Å²) in [5.74, 6) is 1.01. The average Bonchev–Trinajstić information content (AvgIpc) is 2.49. The van der Waals surface area contributed by atoms with Gasteiger partial charge in [0.25, 0.3) is 0 Å². The molecule has 0 unspecified atom stereocenters. The fraction of sp³-hybridized carbons (Fsp3) is 0.111. The molecule has 0 amide bonds. The summed E-state index contributed by atoms with van der Waals surface area (Å²) >= 11 is 0. The van der Waals surface area contributed by atoms with Crippen molar-refractivity contribution in [2.45, 2.75) is 11.3 Å². The Balaban J connectivity index is 1.77. The summed E-state index contributed by atoms with van der Waals surface area (Å²) in [5, 5.41) is 0. The summed E-state index contributed by atoms with van der Waals surface area (Å²) in [4.78, 5) is 1.31. The maximum atomic E-state index is 3.78. The third-order valence-corrected chi connectivity index (χ3v) is 4.94. The molecule has 2 heteroatoms. The summed E-state index contributed by atoms with van der Waals surface area (Å²) < 4.78 is 0. The lowest BCUT2D eigenvalue weighted by molar-refractivity contribution is 1.24. The first-order chi connectivity index (χ1) is 9.88. The van der Waals surface area contributed by atoms with Gasteiger partial charge in [-0.1, -0.05) is 82.3 Å². The van der Waals surface area contributed by atoms with Gasteiger partial charge < -0.3 is 0 Å². The summed E-state index contributed by atoms with van der Waals surface area (Å²) in [6.07, 6.45) is 7.26. The van der Waals surface area contributed by atoms with E-state index in [1.54, 1.807) is 0 Å². The van der Waals surface area contributed by atoms with Gasteiger partial charge in [0, 0.05) is 10.6 Å². The Kier molecular flexibility index (Phi) is 6.55. The van der Waals surface area contributed by atoms with Crippen LogP contribution in [-0.4, -0.2) is 5.75 Å². The van der Waals surface area contributed by atoms with Gasteiger partial charge in [-0.05, 0) is 29.7 Å². The van der Waals surface area contributed by atoms with Crippen LogP contribution in [0.3, 0.4) is 0 Å². The van der Waals surface area contributed by atoms with Gasteiger partial charge in [-0.3, -0.25) is 0 Å². The standard InChI is InChI=1S/C18H18S2/c1-2-8-17-11-6-13-18(15-17)20-19-14-7-12-16-9-4-3-5-10-16/h2-7,9-13,15H,1,8,14H2. The molecule has 0 aliphatic carbocycles. The molecule has 2 aromatic carbocycles. The maximum absolute atomic E-state index is 3.78. The highest BCUT2D eigenvalue weighted by molar-refractivity contribution is 8.76. The van der Waals surface area contributed by atoms with Crippen LogP contribution < -0.4 is 0 Å². The molecule has 0 fully saturated rings. The molecule has 0 radical (unpaired) electrons. The van der Waals surface area contributed by atoms with E-state index < -0.39 is 0 Å². The number of rotatable bonds is 7. The second-order valence-corrected chi connectivity index (χ2v) is 6.74. The van der Waals surface area contributed by atoms with E-state index in [9.17, 15) is 0 Å². The zero-order chi connectivity index (χ0) is 14.0. The Morgan fingerprint density at radius 1 is 1.00 bits per heavy atom. The van der Waals surface area contributed by atoms with E-state index in [4.69, 9.17) is 0 Å². The minimum atomic E-state index is 0.937. The molecule has 20 heavy (non-hydrogen) atoms. The molecule has 0 atom stereocenters. The predicted molar refractivity (Wildman–Crippen MR) is 94.1 cm³/mol. The molecular formula is C18H18S2. The van der Waals surface area contributed by atoms with Crippen LogP contribution in [0.5, 0.6) is 0 Å². The first-order valence-corrected chi connectivity index (χ1v) is 8.91. The minimum absolute atomic E-state index is 0.937. The van der Waals surface area contributed by atoms with Crippen LogP contribution in [0.15, 0.2) is 78.2 Å². The molecule has 0 saturated heterocycles. The fourth-order valence-corrected chi connectivity index (χ4v) is 3.65. The summed E-state index contributed by atoms with van der Waals surface area (Å²) in [6, 6.07) is 19.1. The molecule has 0 aliphatic heterocycles. The molecule has 0 N–H and O–H groups in total. The highest BCUT2D eigenvalue weighted by atomic mass is 33.1. The zero-order valence-electron chi connectivity index (χ0n) is 11.4. The first-order valence-electron chi connectivity index (χ1n) is 6.59. The molecule has 0 aliphatic rings. The smallest absolute Gasteiger partial charge is 0.0224 e. The van der Waals surface area contributed by atoms with Crippen LogP contribution in [0.2, 0.25) is 0 Å². The third-order valence-electron chi connectivity index (χ3n) is 2.71. The van der Waals surface area contributed by atoms with Gasteiger partial charge in [0.15, 0.2) is 0 Å². The second-order valence-electron chi connectivity index (χ2n) is 4.32. The van der Waals surface area contributed by atoms with Gasteiger partial charge in [0.1, 0.15) is 0 Å². The van der Waals surface area contributed by atoms with Crippen molar-refractivity contribution in [1.29, 1.82) is 0 Å². The maximum Gasteiger partial charge on any atom is 0.0224 e. The van der Waals surface area contributed by atoms with Crippen molar-refractivity contribution in [1.82, 2.24) is 0 Å². The first kappa shape index (κ1) is 15.0. The predicted octanol–water partition coefficient (Wildman–Crippen LogP) is 5.87. The molecule has 2 aromatic rings. The molecule has 0 nitrogen and oxygen atoms in total. The van der Waals surface area contributed by atoms with E-state index in [2.05, 4.69) is 67.3 Å². The van der Waals surface area contributed by atoms with Crippen LogP contribution in [-0.2, 0) is 6.42 Å². The van der Waals surface area contributed by atoms with Crippen molar-refractivity contribution >= 4 is 27.7 Å². The van der Waals surface area contributed by atoms with Gasteiger partial charge in [0.2, 0.25) is 0 Å². The third kappa shape index (κ3) is 5.32. The Hall–Kier alpha value is -1.38. The van der Waals surface area contributed by atoms with Crippen LogP contribution in [0.4, 0.5) is 0 Å². The van der Waals surface area contributed by atoms with E-state index in [0.29, 0.717) is 0 Å². The number of benzene rings is 2. The van der Waals surface area contributed by atoms with Crippen molar-refractivity contribution in [2.24, 2.45) is 0 Å². The van der Waals surface area contributed by atoms with E-state index in [1.807, 2.05) is 33.7 Å². The zero-order valence-corrected chi connectivity index (χ0v) is 13.0. The lowest BCUT2D eigenvalue weighted by Gasteiger charge is -2.01. The van der Waals surface area contributed by atoms with Crippen molar-refractivity contribution in [3.05, 3.63) is 84.5 Å². The molecule has 0 bridgehead atoms. The molecule has 0 aromatic heterocycles. The summed E-state index contributed by atoms with van der Waals surface area (Å²) in [6.45, 7) is 3.78. The van der Waals surface area contributed by atoms with Gasteiger partial charge >= 0.3 is 0 Å². The van der Waals surface area contributed by atoms with E-state index >= 15 is 0 Å². The van der Waals surface area contributed by atoms with Crippen LogP contribution in [0, 0.1) is 0 Å². The van der Waals surface area contributed by atoms with Crippen molar-refractivity contribution < 1.29 is 0 Å². The van der Waals surface area contributed by atoms with Gasteiger partial charge in [0.05, 0.1) is 0 Å². The van der Waals surface area contributed by atoms with Crippen LogP contribution in [0.25, 0.3) is 6.08 Å². The molecule has 2 rings (SSSR count). The number of hydrogen-bond donors (Lipinski definition) is 0. The monoisotopic (exact) mass is 298 g/mol. The van der Waals surface area contributed by atoms with Crippen molar-refractivity contribution in [3.63, 3.8) is 0 Å². The molecular weight excluding hydrogens is 280 g/mol. The van der Waals surface area contributed by atoms with Gasteiger partial charge in [-0.25, -0.2) is 0 Å².